The van der Waals surface area contributed by atoms with E-state index >= 15 is 0 Å². The van der Waals surface area contributed by atoms with Gasteiger partial charge >= 0.3 is 0 Å². The Morgan fingerprint density at radius 2 is 1.42 bits per heavy atom. The third-order valence-corrected chi connectivity index (χ3v) is 2.52. The summed E-state index contributed by atoms with van der Waals surface area (Å²) in [6.07, 6.45) is 0.530. The molecule has 0 bridgehead atoms. The third kappa shape index (κ3) is 6.82. The maximum atomic E-state index is 5.61. The average Bonchev–Trinajstić information content (AvgIpc) is 1.84. The van der Waals surface area contributed by atoms with E-state index in [-0.39, 0.29) is 27.6 Å². The number of hydrogen-bond donors (Lipinski definition) is 0. The van der Waals surface area contributed by atoms with Crippen LogP contribution < -0.4 is 0 Å². The average molecular weight is 189 g/mol. The highest BCUT2D eigenvalue weighted by molar-refractivity contribution is 6.40. The largest absolute Gasteiger partial charge is 0.354 e. The SMILES string of the molecule is C[CH][SiH2]C(OC(C)C)OC(C)C. The van der Waals surface area contributed by atoms with Crippen LogP contribution in [0.3, 0.4) is 0 Å². The highest BCUT2D eigenvalue weighted by Gasteiger charge is 2.12. The summed E-state index contributed by atoms with van der Waals surface area (Å²) < 4.78 is 11.2. The Morgan fingerprint density at radius 1 is 1.00 bits per heavy atom. The lowest BCUT2D eigenvalue weighted by molar-refractivity contribution is -0.133. The molecule has 0 saturated carbocycles. The Morgan fingerprint density at radius 3 is 1.67 bits per heavy atom. The second kappa shape index (κ2) is 6.63. The van der Waals surface area contributed by atoms with Crippen LogP contribution >= 0.6 is 0 Å². The molecule has 0 N–H and O–H groups in total. The number of hydrogen-bond acceptors (Lipinski definition) is 2. The molecule has 0 saturated heterocycles. The molecule has 73 valence electrons. The Bertz CT molecular complexity index is 94.7. The van der Waals surface area contributed by atoms with E-state index in [4.69, 9.17) is 9.47 Å². The van der Waals surface area contributed by atoms with Crippen LogP contribution in [0.4, 0.5) is 0 Å². The van der Waals surface area contributed by atoms with Crippen LogP contribution in [0.2, 0.25) is 0 Å². The molecule has 0 aliphatic heterocycles. The zero-order valence-corrected chi connectivity index (χ0v) is 10.2. The van der Waals surface area contributed by atoms with Crippen molar-refractivity contribution < 1.29 is 9.47 Å². The van der Waals surface area contributed by atoms with Gasteiger partial charge in [0.15, 0.2) is 0 Å². The molecule has 0 aromatic heterocycles. The summed E-state index contributed by atoms with van der Waals surface area (Å²) in [6.45, 7) is 10.2. The molecule has 0 fully saturated rings. The van der Waals surface area contributed by atoms with Gasteiger partial charge in [-0.3, -0.25) is 0 Å². The van der Waals surface area contributed by atoms with E-state index in [1.807, 2.05) is 27.7 Å². The molecule has 12 heavy (non-hydrogen) atoms. The van der Waals surface area contributed by atoms with E-state index in [1.54, 1.807) is 0 Å². The molecular weight excluding hydrogens is 168 g/mol. The maximum Gasteiger partial charge on any atom is 0.135 e. The minimum absolute atomic E-state index is 0.0648. The zero-order chi connectivity index (χ0) is 9.56. The van der Waals surface area contributed by atoms with E-state index in [0.29, 0.717) is 0 Å². The molecule has 0 amide bonds. The molecule has 0 aromatic carbocycles. The van der Waals surface area contributed by atoms with Crippen LogP contribution in [0.15, 0.2) is 0 Å². The van der Waals surface area contributed by atoms with Gasteiger partial charge in [-0.25, -0.2) is 0 Å². The Kier molecular flexibility index (Phi) is 6.71. The van der Waals surface area contributed by atoms with Crippen molar-refractivity contribution in [3.05, 3.63) is 6.04 Å². The van der Waals surface area contributed by atoms with Gasteiger partial charge in [-0.15, -0.1) is 0 Å². The molecule has 0 aromatic rings. The van der Waals surface area contributed by atoms with Crippen molar-refractivity contribution in [1.29, 1.82) is 0 Å². The lowest BCUT2D eigenvalue weighted by atomic mass is 10.5. The van der Waals surface area contributed by atoms with Gasteiger partial charge in [-0.2, -0.15) is 0 Å². The lowest BCUT2D eigenvalue weighted by Crippen LogP contribution is -2.30. The fraction of sp³-hybridized carbons (Fsp3) is 0.889. The zero-order valence-electron chi connectivity index (χ0n) is 8.83. The first-order valence-corrected chi connectivity index (χ1v) is 6.28. The van der Waals surface area contributed by atoms with Crippen molar-refractivity contribution >= 4 is 9.52 Å². The number of ether oxygens (including phenoxy) is 2. The molecule has 0 aliphatic rings. The van der Waals surface area contributed by atoms with Gasteiger partial charge in [0.05, 0.1) is 21.7 Å². The van der Waals surface area contributed by atoms with Crippen LogP contribution in [-0.2, 0) is 9.47 Å². The third-order valence-electron chi connectivity index (χ3n) is 1.28. The van der Waals surface area contributed by atoms with Crippen molar-refractivity contribution in [3.8, 4) is 0 Å². The summed E-state index contributed by atoms with van der Waals surface area (Å²) in [5.74, 6) is 0.0648. The summed E-state index contributed by atoms with van der Waals surface area (Å²) in [6, 6.07) is 2.20. The summed E-state index contributed by atoms with van der Waals surface area (Å²) in [5, 5.41) is 0. The maximum absolute atomic E-state index is 5.61. The highest BCUT2D eigenvalue weighted by Crippen LogP contribution is 2.03. The first-order chi connectivity index (χ1) is 5.56. The summed E-state index contributed by atoms with van der Waals surface area (Å²) in [5.41, 5.74) is 0. The van der Waals surface area contributed by atoms with Gasteiger partial charge in [0.1, 0.15) is 5.91 Å². The monoisotopic (exact) mass is 189 g/mol. The van der Waals surface area contributed by atoms with E-state index in [2.05, 4.69) is 13.0 Å². The van der Waals surface area contributed by atoms with E-state index < -0.39 is 0 Å². The van der Waals surface area contributed by atoms with Crippen molar-refractivity contribution in [2.24, 2.45) is 0 Å². The quantitative estimate of drug-likeness (QED) is 0.465. The van der Waals surface area contributed by atoms with Gasteiger partial charge < -0.3 is 9.47 Å². The number of rotatable bonds is 6. The topological polar surface area (TPSA) is 18.5 Å². The standard InChI is InChI=1S/C9H21O2Si/c1-6-12-9(10-7(2)3)11-8(4)5/h6-9H,12H2,1-5H3. The molecular formula is C9H21O2Si. The smallest absolute Gasteiger partial charge is 0.135 e. The van der Waals surface area contributed by atoms with Crippen LogP contribution in [0.5, 0.6) is 0 Å². The lowest BCUT2D eigenvalue weighted by Gasteiger charge is -2.22. The van der Waals surface area contributed by atoms with Crippen LogP contribution in [0, 0.1) is 6.04 Å². The van der Waals surface area contributed by atoms with Crippen molar-refractivity contribution in [3.63, 3.8) is 0 Å². The van der Waals surface area contributed by atoms with Gasteiger partial charge in [0.25, 0.3) is 0 Å². The molecule has 3 heteroatoms. The van der Waals surface area contributed by atoms with Gasteiger partial charge in [0, 0.05) is 0 Å². The molecule has 0 unspecified atom stereocenters. The minimum Gasteiger partial charge on any atom is -0.354 e. The molecule has 0 aliphatic carbocycles. The second-order valence-corrected chi connectivity index (χ2v) is 5.40. The van der Waals surface area contributed by atoms with Crippen molar-refractivity contribution in [1.82, 2.24) is 0 Å². The summed E-state index contributed by atoms with van der Waals surface area (Å²) in [7, 11) is -0.319. The van der Waals surface area contributed by atoms with Crippen LogP contribution in [0.1, 0.15) is 34.6 Å². The normalized spacial score (nSPS) is 13.0. The molecule has 0 heterocycles. The molecule has 0 atom stereocenters. The molecule has 2 nitrogen and oxygen atoms in total. The Balaban J connectivity index is 3.69. The van der Waals surface area contributed by atoms with Gasteiger partial charge in [0.2, 0.25) is 0 Å². The van der Waals surface area contributed by atoms with Crippen LogP contribution in [0.25, 0.3) is 0 Å². The molecule has 0 spiro atoms. The van der Waals surface area contributed by atoms with Gasteiger partial charge in [-0.05, 0) is 33.7 Å². The van der Waals surface area contributed by atoms with Crippen molar-refractivity contribution in [2.45, 2.75) is 52.7 Å². The summed E-state index contributed by atoms with van der Waals surface area (Å²) >= 11 is 0. The Hall–Kier alpha value is 0.137. The van der Waals surface area contributed by atoms with Crippen molar-refractivity contribution in [2.75, 3.05) is 0 Å². The predicted octanol–water partition coefficient (Wildman–Crippen LogP) is 1.47. The van der Waals surface area contributed by atoms with E-state index in [1.165, 1.54) is 0 Å². The fourth-order valence-electron chi connectivity index (χ4n) is 0.943. The van der Waals surface area contributed by atoms with E-state index in [0.717, 1.165) is 0 Å². The molecule has 1 radical (unpaired) electrons. The second-order valence-electron chi connectivity index (χ2n) is 3.44. The minimum atomic E-state index is -0.319. The Labute approximate surface area is 78.5 Å². The predicted molar refractivity (Wildman–Crippen MR) is 54.7 cm³/mol. The van der Waals surface area contributed by atoms with E-state index in [9.17, 15) is 0 Å². The van der Waals surface area contributed by atoms with Gasteiger partial charge in [-0.1, -0.05) is 6.92 Å². The fourth-order valence-corrected chi connectivity index (χ4v) is 2.32. The first-order valence-electron chi connectivity index (χ1n) is 4.65. The highest BCUT2D eigenvalue weighted by atomic mass is 28.2. The first kappa shape index (κ1) is 12.1. The molecule has 0 rings (SSSR count). The van der Waals surface area contributed by atoms with Crippen LogP contribution in [-0.4, -0.2) is 27.6 Å². The summed E-state index contributed by atoms with van der Waals surface area (Å²) in [4.78, 5) is 0.